The third kappa shape index (κ3) is 2.55. The summed E-state index contributed by atoms with van der Waals surface area (Å²) in [6.45, 7) is 3.00. The molecule has 1 aromatic rings. The molecule has 104 valence electrons. The molecule has 19 heavy (non-hydrogen) atoms. The Bertz CT molecular complexity index is 446. The van der Waals surface area contributed by atoms with Crippen molar-refractivity contribution in [1.29, 1.82) is 0 Å². The van der Waals surface area contributed by atoms with E-state index in [1.807, 2.05) is 0 Å². The molecule has 0 aliphatic carbocycles. The SMILES string of the molecule is Cc1ccc(N2C3CCC2CC(CCN)C3)cc1Br. The van der Waals surface area contributed by atoms with E-state index in [4.69, 9.17) is 5.73 Å². The number of anilines is 1. The van der Waals surface area contributed by atoms with Crippen LogP contribution >= 0.6 is 15.9 Å². The molecule has 2 nitrogen and oxygen atoms in total. The van der Waals surface area contributed by atoms with Gasteiger partial charge in [-0.25, -0.2) is 0 Å². The van der Waals surface area contributed by atoms with Gasteiger partial charge in [0.25, 0.3) is 0 Å². The fourth-order valence-electron chi connectivity index (χ4n) is 3.93. The smallest absolute Gasteiger partial charge is 0.0382 e. The lowest BCUT2D eigenvalue weighted by atomic mass is 9.88. The Morgan fingerprint density at radius 2 is 1.95 bits per heavy atom. The van der Waals surface area contributed by atoms with Crippen LogP contribution in [0.15, 0.2) is 22.7 Å². The number of rotatable bonds is 3. The topological polar surface area (TPSA) is 29.3 Å². The maximum atomic E-state index is 5.73. The molecule has 0 amide bonds. The zero-order chi connectivity index (χ0) is 13.4. The molecule has 2 bridgehead atoms. The minimum Gasteiger partial charge on any atom is -0.366 e. The maximum absolute atomic E-state index is 5.73. The van der Waals surface area contributed by atoms with E-state index >= 15 is 0 Å². The fraction of sp³-hybridized carbons (Fsp3) is 0.625. The van der Waals surface area contributed by atoms with E-state index in [2.05, 4.69) is 46.0 Å². The summed E-state index contributed by atoms with van der Waals surface area (Å²) in [5.41, 5.74) is 8.45. The molecule has 0 spiro atoms. The highest BCUT2D eigenvalue weighted by Gasteiger charge is 2.40. The number of halogens is 1. The van der Waals surface area contributed by atoms with Gasteiger partial charge in [0.1, 0.15) is 0 Å². The lowest BCUT2D eigenvalue weighted by molar-refractivity contribution is 0.326. The van der Waals surface area contributed by atoms with Gasteiger partial charge in [-0.3, -0.25) is 0 Å². The van der Waals surface area contributed by atoms with Crippen LogP contribution in [0.3, 0.4) is 0 Å². The Morgan fingerprint density at radius 3 is 2.53 bits per heavy atom. The van der Waals surface area contributed by atoms with Crippen molar-refractivity contribution in [2.24, 2.45) is 11.7 Å². The van der Waals surface area contributed by atoms with Gasteiger partial charge in [0, 0.05) is 22.2 Å². The molecule has 2 aliphatic heterocycles. The molecule has 2 heterocycles. The van der Waals surface area contributed by atoms with E-state index < -0.39 is 0 Å². The average Bonchev–Trinajstić information content (AvgIpc) is 2.65. The minimum atomic E-state index is 0.741. The van der Waals surface area contributed by atoms with Crippen LogP contribution in [0.2, 0.25) is 0 Å². The molecule has 0 saturated carbocycles. The molecule has 0 radical (unpaired) electrons. The third-order valence-electron chi connectivity index (χ3n) is 4.86. The summed E-state index contributed by atoms with van der Waals surface area (Å²) in [7, 11) is 0. The zero-order valence-corrected chi connectivity index (χ0v) is 13.2. The van der Waals surface area contributed by atoms with Gasteiger partial charge >= 0.3 is 0 Å². The van der Waals surface area contributed by atoms with E-state index in [0.717, 1.165) is 24.5 Å². The third-order valence-corrected chi connectivity index (χ3v) is 5.71. The monoisotopic (exact) mass is 322 g/mol. The van der Waals surface area contributed by atoms with Gasteiger partial charge in [-0.05, 0) is 69.2 Å². The summed E-state index contributed by atoms with van der Waals surface area (Å²) < 4.78 is 1.23. The number of nitrogens with zero attached hydrogens (tertiary/aromatic N) is 1. The summed E-state index contributed by atoms with van der Waals surface area (Å²) in [5, 5.41) is 0. The van der Waals surface area contributed by atoms with Crippen molar-refractivity contribution in [3.05, 3.63) is 28.2 Å². The number of hydrogen-bond acceptors (Lipinski definition) is 2. The maximum Gasteiger partial charge on any atom is 0.0382 e. The standard InChI is InChI=1S/C16H23BrN2/c1-11-2-3-15(10-16(11)17)19-13-4-5-14(19)9-12(8-13)6-7-18/h2-3,10,12-14H,4-9,18H2,1H3. The van der Waals surface area contributed by atoms with Gasteiger partial charge in [0.05, 0.1) is 0 Å². The number of fused-ring (bicyclic) bond motifs is 2. The molecular formula is C16H23BrN2. The normalized spacial score (nSPS) is 29.8. The Morgan fingerprint density at radius 1 is 1.26 bits per heavy atom. The van der Waals surface area contributed by atoms with Crippen LogP contribution in [0.4, 0.5) is 5.69 Å². The van der Waals surface area contributed by atoms with Crippen molar-refractivity contribution in [2.45, 2.75) is 51.1 Å². The minimum absolute atomic E-state index is 0.741. The Hall–Kier alpha value is -0.540. The van der Waals surface area contributed by atoms with Gasteiger partial charge in [-0.2, -0.15) is 0 Å². The number of aryl methyl sites for hydroxylation is 1. The first-order valence-corrected chi connectivity index (χ1v) is 8.23. The summed E-state index contributed by atoms with van der Waals surface area (Å²) in [6, 6.07) is 8.29. The molecule has 2 N–H and O–H groups in total. The molecule has 2 atom stereocenters. The van der Waals surface area contributed by atoms with E-state index in [9.17, 15) is 0 Å². The summed E-state index contributed by atoms with van der Waals surface area (Å²) in [6.07, 6.45) is 6.59. The number of hydrogen-bond donors (Lipinski definition) is 1. The predicted octanol–water partition coefficient (Wildman–Crippen LogP) is 3.85. The Balaban J connectivity index is 1.81. The van der Waals surface area contributed by atoms with E-state index in [1.54, 1.807) is 0 Å². The summed E-state index contributed by atoms with van der Waals surface area (Å²) >= 11 is 3.67. The van der Waals surface area contributed by atoms with Crippen LogP contribution in [-0.2, 0) is 0 Å². The van der Waals surface area contributed by atoms with Crippen LogP contribution in [0.1, 0.15) is 37.7 Å². The van der Waals surface area contributed by atoms with Crippen LogP contribution in [0.25, 0.3) is 0 Å². The fourth-order valence-corrected chi connectivity index (χ4v) is 4.29. The molecule has 2 saturated heterocycles. The van der Waals surface area contributed by atoms with Gasteiger partial charge in [-0.1, -0.05) is 22.0 Å². The number of piperidine rings is 1. The van der Waals surface area contributed by atoms with E-state index in [0.29, 0.717) is 0 Å². The predicted molar refractivity (Wildman–Crippen MR) is 84.6 cm³/mol. The molecule has 2 unspecified atom stereocenters. The van der Waals surface area contributed by atoms with Crippen LogP contribution < -0.4 is 10.6 Å². The van der Waals surface area contributed by atoms with Gasteiger partial charge in [-0.15, -0.1) is 0 Å². The van der Waals surface area contributed by atoms with Gasteiger partial charge in [0.2, 0.25) is 0 Å². The molecule has 0 aromatic heterocycles. The van der Waals surface area contributed by atoms with Crippen molar-refractivity contribution in [3.63, 3.8) is 0 Å². The largest absolute Gasteiger partial charge is 0.366 e. The lowest BCUT2D eigenvalue weighted by Crippen LogP contribution is -2.43. The van der Waals surface area contributed by atoms with Crippen LogP contribution in [-0.4, -0.2) is 18.6 Å². The summed E-state index contributed by atoms with van der Waals surface area (Å²) in [5.74, 6) is 0.854. The first-order valence-electron chi connectivity index (χ1n) is 7.43. The van der Waals surface area contributed by atoms with E-state index in [1.165, 1.54) is 47.8 Å². The van der Waals surface area contributed by atoms with Gasteiger partial charge < -0.3 is 10.6 Å². The highest BCUT2D eigenvalue weighted by Crippen LogP contribution is 2.43. The zero-order valence-electron chi connectivity index (χ0n) is 11.6. The molecular weight excluding hydrogens is 300 g/mol. The van der Waals surface area contributed by atoms with Crippen molar-refractivity contribution >= 4 is 21.6 Å². The first kappa shape index (κ1) is 13.4. The van der Waals surface area contributed by atoms with Crippen LogP contribution in [0.5, 0.6) is 0 Å². The number of benzene rings is 1. The van der Waals surface area contributed by atoms with Crippen LogP contribution in [0, 0.1) is 12.8 Å². The molecule has 3 heteroatoms. The average molecular weight is 323 g/mol. The molecule has 2 aliphatic rings. The van der Waals surface area contributed by atoms with Crippen molar-refractivity contribution in [1.82, 2.24) is 0 Å². The first-order chi connectivity index (χ1) is 9.19. The summed E-state index contributed by atoms with van der Waals surface area (Å²) in [4.78, 5) is 2.68. The van der Waals surface area contributed by atoms with Gasteiger partial charge in [0.15, 0.2) is 0 Å². The molecule has 3 rings (SSSR count). The quantitative estimate of drug-likeness (QED) is 0.915. The second-order valence-corrected chi connectivity index (χ2v) is 6.99. The molecule has 2 fully saturated rings. The lowest BCUT2D eigenvalue weighted by Gasteiger charge is -2.41. The highest BCUT2D eigenvalue weighted by atomic mass is 79.9. The van der Waals surface area contributed by atoms with Crippen molar-refractivity contribution in [3.8, 4) is 0 Å². The van der Waals surface area contributed by atoms with Crippen molar-refractivity contribution in [2.75, 3.05) is 11.4 Å². The Kier molecular flexibility index (Phi) is 3.86. The highest BCUT2D eigenvalue weighted by molar-refractivity contribution is 9.10. The molecule has 1 aromatic carbocycles. The second-order valence-electron chi connectivity index (χ2n) is 6.14. The van der Waals surface area contributed by atoms with E-state index in [-0.39, 0.29) is 0 Å². The second kappa shape index (κ2) is 5.45. The van der Waals surface area contributed by atoms with Crippen molar-refractivity contribution < 1.29 is 0 Å². The number of nitrogens with two attached hydrogens (primary N) is 1. The Labute approximate surface area is 124 Å².